The molecular formula is C34H23Li2N9O13S3. The van der Waals surface area contributed by atoms with Gasteiger partial charge in [0.2, 0.25) is 0 Å². The number of anilines is 2. The number of nitrogens with one attached hydrogen (secondary N) is 1. The number of hydrogen-bond donors (Lipinski definition) is 5. The number of phenols is 1. The molecule has 0 spiro atoms. The van der Waals surface area contributed by atoms with Crippen molar-refractivity contribution >= 4 is 92.2 Å². The fourth-order valence-corrected chi connectivity index (χ4v) is 7.54. The second kappa shape index (κ2) is 18.6. The molecule has 0 amide bonds. The second-order valence-corrected chi connectivity index (χ2v) is 16.4. The normalized spacial score (nSPS) is 12.1. The third kappa shape index (κ3) is 10.9. The summed E-state index contributed by atoms with van der Waals surface area (Å²) in [7, 11) is -14.6. The Kier molecular flexibility index (Phi) is 14.4. The minimum atomic E-state index is -5.24. The van der Waals surface area contributed by atoms with Gasteiger partial charge in [-0.25, -0.2) is 8.42 Å². The van der Waals surface area contributed by atoms with Gasteiger partial charge in [0, 0.05) is 17.8 Å². The molecule has 0 radical (unpaired) electrons. The van der Waals surface area contributed by atoms with Crippen LogP contribution in [-0.4, -0.2) is 44.4 Å². The molecule has 27 heteroatoms. The van der Waals surface area contributed by atoms with Crippen LogP contribution in [0, 0.1) is 10.1 Å². The molecule has 0 bridgehead atoms. The first-order chi connectivity index (χ1) is 27.7. The van der Waals surface area contributed by atoms with Gasteiger partial charge in [-0.05, 0) is 84.2 Å². The Morgan fingerprint density at radius 2 is 1.10 bits per heavy atom. The Hall–Kier alpha value is -6.26. The third-order valence-electron chi connectivity index (χ3n) is 7.93. The smallest absolute Gasteiger partial charge is 0.872 e. The van der Waals surface area contributed by atoms with Crippen LogP contribution in [0.5, 0.6) is 17.2 Å². The van der Waals surface area contributed by atoms with Crippen LogP contribution in [0.15, 0.2) is 149 Å². The number of benzene rings is 6. The average molecular weight is 876 g/mol. The standard InChI is InChI=1S/C34H25N9O13S3.2Li/c35-31-30-18(15-28(58(51,52)53)32(31)40-37-20-5-9-23(10-6-20)43(47)48)16-29(59(54,55)56)33(34(30)46)41-38-21-7-12-25(13-8-21)57(49,50)42-22-3-1-19(2-4-22)36-39-26-14-11-24(44)17-27(26)45;;/h1-17,42,44-46H,35H2,(H,51,52,53)(H,54,55,56);;/q;2*+1/p-2. The van der Waals surface area contributed by atoms with E-state index in [4.69, 9.17) is 5.73 Å². The van der Waals surface area contributed by atoms with Crippen LogP contribution < -0.4 is 58.4 Å². The van der Waals surface area contributed by atoms with Gasteiger partial charge >= 0.3 is 37.7 Å². The zero-order chi connectivity index (χ0) is 42.9. The maximum Gasteiger partial charge on any atom is 1.00 e. The SMILES string of the molecule is Nc1c(N=Nc2ccc([N+](=O)[O-])cc2)c(S(=O)(=O)O)cc2cc(S(=O)(=O)O)c(N=Nc3ccc(S(=O)(=O)Nc4ccc(N=Nc5ccc([O-])cc5[O-])cc4)cc3)c(O)c12.[Li+].[Li+]. The number of sulfonamides is 1. The molecule has 0 aliphatic rings. The molecule has 0 saturated heterocycles. The maximum atomic E-state index is 13.1. The van der Waals surface area contributed by atoms with Gasteiger partial charge in [0.05, 0.1) is 43.6 Å². The van der Waals surface area contributed by atoms with Crippen molar-refractivity contribution in [3.05, 3.63) is 113 Å². The number of phenolic OH excluding ortho intramolecular Hbond substituents is 1. The molecule has 0 fully saturated rings. The summed E-state index contributed by atoms with van der Waals surface area (Å²) < 4.78 is 98.0. The van der Waals surface area contributed by atoms with Crippen molar-refractivity contribution in [2.24, 2.45) is 30.7 Å². The Labute approximate surface area is 368 Å². The number of aromatic hydroxyl groups is 1. The zero-order valence-corrected chi connectivity index (χ0v) is 33.6. The third-order valence-corrected chi connectivity index (χ3v) is 11.1. The number of non-ortho nitro benzene ring substituents is 1. The summed E-state index contributed by atoms with van der Waals surface area (Å²) in [5.41, 5.74) is 3.83. The Morgan fingerprint density at radius 1 is 0.623 bits per heavy atom. The summed E-state index contributed by atoms with van der Waals surface area (Å²) in [5, 5.41) is 67.3. The van der Waals surface area contributed by atoms with Crippen molar-refractivity contribution in [1.29, 1.82) is 0 Å². The Morgan fingerprint density at radius 3 is 1.61 bits per heavy atom. The number of nitrogens with zero attached hydrogens (tertiary/aromatic N) is 7. The van der Waals surface area contributed by atoms with Crippen LogP contribution >= 0.6 is 0 Å². The first-order valence-electron chi connectivity index (χ1n) is 16.0. The monoisotopic (exact) mass is 875 g/mol. The van der Waals surface area contributed by atoms with Crippen LogP contribution in [0.1, 0.15) is 0 Å². The van der Waals surface area contributed by atoms with E-state index in [2.05, 4.69) is 35.4 Å². The van der Waals surface area contributed by atoms with Crippen LogP contribution in [-0.2, 0) is 30.3 Å². The van der Waals surface area contributed by atoms with E-state index in [1.165, 1.54) is 54.6 Å². The molecule has 0 aromatic heterocycles. The molecule has 6 aromatic carbocycles. The van der Waals surface area contributed by atoms with Crippen LogP contribution in [0.3, 0.4) is 0 Å². The quantitative estimate of drug-likeness (QED) is 0.0283. The summed E-state index contributed by atoms with van der Waals surface area (Å²) in [6.45, 7) is 0. The van der Waals surface area contributed by atoms with Gasteiger partial charge in [0.25, 0.3) is 35.9 Å². The fourth-order valence-electron chi connectivity index (χ4n) is 5.15. The molecule has 302 valence electrons. The van der Waals surface area contributed by atoms with Crippen molar-refractivity contribution in [2.45, 2.75) is 14.7 Å². The fraction of sp³-hybridized carbons (Fsp3) is 0. The minimum Gasteiger partial charge on any atom is -0.872 e. The van der Waals surface area contributed by atoms with E-state index in [-0.39, 0.29) is 76.7 Å². The number of nitro groups is 1. The number of fused-ring (bicyclic) bond motifs is 1. The summed E-state index contributed by atoms with van der Waals surface area (Å²) in [6, 6.07) is 19.2. The minimum absolute atomic E-state index is 0. The molecule has 6 aromatic rings. The first kappa shape index (κ1) is 47.4. The number of nitrogen functional groups attached to an aromatic ring is 1. The average Bonchev–Trinajstić information content (AvgIpc) is 3.16. The van der Waals surface area contributed by atoms with E-state index in [1.54, 1.807) is 0 Å². The number of hydrogen-bond acceptors (Lipinski definition) is 18. The molecule has 0 heterocycles. The first-order valence-corrected chi connectivity index (χ1v) is 20.4. The van der Waals surface area contributed by atoms with E-state index in [9.17, 15) is 59.8 Å². The van der Waals surface area contributed by atoms with Gasteiger partial charge in [-0.3, -0.25) is 23.9 Å². The zero-order valence-electron chi connectivity index (χ0n) is 31.2. The van der Waals surface area contributed by atoms with E-state index in [1.807, 2.05) is 0 Å². The van der Waals surface area contributed by atoms with Crippen molar-refractivity contribution < 1.29 is 92.3 Å². The van der Waals surface area contributed by atoms with Gasteiger partial charge in [0.15, 0.2) is 5.75 Å². The van der Waals surface area contributed by atoms with Gasteiger partial charge in [-0.15, -0.1) is 16.0 Å². The molecule has 0 aliphatic heterocycles. The summed E-state index contributed by atoms with van der Waals surface area (Å²) >= 11 is 0. The van der Waals surface area contributed by atoms with E-state index >= 15 is 0 Å². The summed E-state index contributed by atoms with van der Waals surface area (Å²) in [6.07, 6.45) is 0. The molecule has 0 atom stereocenters. The predicted molar refractivity (Wildman–Crippen MR) is 204 cm³/mol. The second-order valence-electron chi connectivity index (χ2n) is 11.9. The van der Waals surface area contributed by atoms with Crippen LogP contribution in [0.2, 0.25) is 0 Å². The molecule has 6 rings (SSSR count). The Bertz CT molecular complexity index is 3100. The van der Waals surface area contributed by atoms with Crippen LogP contribution in [0.25, 0.3) is 10.8 Å². The predicted octanol–water partition coefficient (Wildman–Crippen LogP) is 0.731. The van der Waals surface area contributed by atoms with E-state index in [0.29, 0.717) is 12.1 Å². The van der Waals surface area contributed by atoms with Gasteiger partial charge < -0.3 is 21.1 Å². The molecular weight excluding hydrogens is 853 g/mol. The molecule has 6 N–H and O–H groups in total. The number of nitro benzene ring substituents is 1. The van der Waals surface area contributed by atoms with E-state index < -0.39 is 90.1 Å². The Balaban J connectivity index is 0.00000410. The summed E-state index contributed by atoms with van der Waals surface area (Å²) in [5.74, 6) is -2.14. The van der Waals surface area contributed by atoms with Crippen molar-refractivity contribution in [3.8, 4) is 17.2 Å². The van der Waals surface area contributed by atoms with Crippen molar-refractivity contribution in [1.82, 2.24) is 0 Å². The topological polar surface area (TPSA) is 365 Å². The van der Waals surface area contributed by atoms with E-state index in [0.717, 1.165) is 36.4 Å². The maximum absolute atomic E-state index is 13.1. The molecule has 22 nitrogen and oxygen atoms in total. The van der Waals surface area contributed by atoms with Gasteiger partial charge in [-0.1, -0.05) is 17.9 Å². The van der Waals surface area contributed by atoms with Gasteiger partial charge in [-0.2, -0.15) is 37.3 Å². The van der Waals surface area contributed by atoms with Crippen LogP contribution in [0.4, 0.5) is 51.2 Å². The molecule has 0 aliphatic carbocycles. The largest absolute Gasteiger partial charge is 1.00 e. The number of rotatable bonds is 12. The number of azo groups is 3. The van der Waals surface area contributed by atoms with Crippen molar-refractivity contribution in [2.75, 3.05) is 10.5 Å². The molecule has 61 heavy (non-hydrogen) atoms. The summed E-state index contributed by atoms with van der Waals surface area (Å²) in [4.78, 5) is 7.97. The van der Waals surface area contributed by atoms with Gasteiger partial charge in [0.1, 0.15) is 21.2 Å². The molecule has 0 unspecified atom stereocenters. The molecule has 0 saturated carbocycles. The number of nitrogens with two attached hydrogens (primary N) is 1. The van der Waals surface area contributed by atoms with Crippen molar-refractivity contribution in [3.63, 3.8) is 0 Å².